The number of carbonyl (C=O) groups is 2. The SMILES string of the molecule is COc1ccc(CN2CCC(C)CC2)cc1.O=C(O)C(=O)O. The summed E-state index contributed by atoms with van der Waals surface area (Å²) in [7, 11) is 1.71. The quantitative estimate of drug-likeness (QED) is 0.831. The zero-order valence-corrected chi connectivity index (χ0v) is 13.0. The standard InChI is InChI=1S/C14H21NO.C2H2O4/c1-12-7-9-15(10-8-12)11-13-3-5-14(16-2)6-4-13;3-1(4)2(5)6/h3-6,12H,7-11H2,1-2H3;(H,3,4)(H,5,6). The van der Waals surface area contributed by atoms with E-state index in [1.165, 1.54) is 31.5 Å². The molecule has 22 heavy (non-hydrogen) atoms. The summed E-state index contributed by atoms with van der Waals surface area (Å²) in [4.78, 5) is 20.7. The van der Waals surface area contributed by atoms with Gasteiger partial charge >= 0.3 is 11.9 Å². The van der Waals surface area contributed by atoms with Crippen molar-refractivity contribution < 1.29 is 24.5 Å². The molecule has 1 aromatic carbocycles. The molecule has 0 amide bonds. The average molecular weight is 309 g/mol. The summed E-state index contributed by atoms with van der Waals surface area (Å²) in [5, 5.41) is 14.8. The predicted molar refractivity (Wildman–Crippen MR) is 81.9 cm³/mol. The Morgan fingerprint density at radius 3 is 2.05 bits per heavy atom. The molecule has 0 atom stereocenters. The minimum Gasteiger partial charge on any atom is -0.497 e. The lowest BCUT2D eigenvalue weighted by atomic mass is 9.99. The number of nitrogens with zero attached hydrogens (tertiary/aromatic N) is 1. The van der Waals surface area contributed by atoms with Gasteiger partial charge in [-0.05, 0) is 49.5 Å². The van der Waals surface area contributed by atoms with Crippen molar-refractivity contribution >= 4 is 11.9 Å². The van der Waals surface area contributed by atoms with Crippen LogP contribution in [0.3, 0.4) is 0 Å². The van der Waals surface area contributed by atoms with Crippen LogP contribution < -0.4 is 4.74 Å². The predicted octanol–water partition coefficient (Wildman–Crippen LogP) is 2.08. The summed E-state index contributed by atoms with van der Waals surface area (Å²) in [5.41, 5.74) is 1.38. The van der Waals surface area contributed by atoms with Crippen LogP contribution in [-0.4, -0.2) is 47.3 Å². The zero-order chi connectivity index (χ0) is 16.5. The Kier molecular flexibility index (Phi) is 7.39. The largest absolute Gasteiger partial charge is 0.497 e. The van der Waals surface area contributed by atoms with E-state index in [9.17, 15) is 0 Å². The Morgan fingerprint density at radius 1 is 1.14 bits per heavy atom. The van der Waals surface area contributed by atoms with Crippen molar-refractivity contribution in [1.29, 1.82) is 0 Å². The number of carboxylic acids is 2. The highest BCUT2D eigenvalue weighted by molar-refractivity contribution is 6.27. The Balaban J connectivity index is 0.000000346. The number of carboxylic acid groups (broad SMARTS) is 2. The molecule has 1 fully saturated rings. The monoisotopic (exact) mass is 309 g/mol. The molecular weight excluding hydrogens is 286 g/mol. The third-order valence-electron chi connectivity index (χ3n) is 3.62. The van der Waals surface area contributed by atoms with Crippen LogP contribution in [0, 0.1) is 5.92 Å². The fourth-order valence-electron chi connectivity index (χ4n) is 2.21. The Labute approximate surface area is 130 Å². The zero-order valence-electron chi connectivity index (χ0n) is 13.0. The topological polar surface area (TPSA) is 87.1 Å². The van der Waals surface area contributed by atoms with Crippen LogP contribution in [0.1, 0.15) is 25.3 Å². The maximum atomic E-state index is 9.10. The van der Waals surface area contributed by atoms with Gasteiger partial charge in [-0.1, -0.05) is 19.1 Å². The van der Waals surface area contributed by atoms with Crippen molar-refractivity contribution in [3.63, 3.8) is 0 Å². The van der Waals surface area contributed by atoms with Crippen molar-refractivity contribution in [3.05, 3.63) is 29.8 Å². The third kappa shape index (κ3) is 6.58. The molecule has 0 radical (unpaired) electrons. The van der Waals surface area contributed by atoms with Gasteiger partial charge in [0.15, 0.2) is 0 Å². The highest BCUT2D eigenvalue weighted by atomic mass is 16.5. The smallest absolute Gasteiger partial charge is 0.414 e. The first-order chi connectivity index (χ1) is 10.4. The van der Waals surface area contributed by atoms with E-state index in [1.54, 1.807) is 7.11 Å². The number of likely N-dealkylation sites (tertiary alicyclic amines) is 1. The van der Waals surface area contributed by atoms with Gasteiger partial charge in [0, 0.05) is 6.54 Å². The summed E-state index contributed by atoms with van der Waals surface area (Å²) in [6, 6.07) is 8.41. The van der Waals surface area contributed by atoms with Crippen LogP contribution in [0.5, 0.6) is 5.75 Å². The molecule has 1 saturated heterocycles. The van der Waals surface area contributed by atoms with Crippen LogP contribution in [0.25, 0.3) is 0 Å². The molecule has 0 spiro atoms. The van der Waals surface area contributed by atoms with E-state index in [4.69, 9.17) is 24.5 Å². The molecule has 2 N–H and O–H groups in total. The van der Waals surface area contributed by atoms with Crippen molar-refractivity contribution in [1.82, 2.24) is 4.90 Å². The number of hydrogen-bond acceptors (Lipinski definition) is 4. The Morgan fingerprint density at radius 2 is 1.64 bits per heavy atom. The van der Waals surface area contributed by atoms with Gasteiger partial charge in [0.1, 0.15) is 5.75 Å². The first kappa shape index (κ1) is 18.0. The van der Waals surface area contributed by atoms with Gasteiger partial charge < -0.3 is 14.9 Å². The first-order valence-electron chi connectivity index (χ1n) is 7.24. The molecule has 1 aromatic rings. The minimum atomic E-state index is -1.82. The second-order valence-corrected chi connectivity index (χ2v) is 5.42. The number of benzene rings is 1. The van der Waals surface area contributed by atoms with Crippen molar-refractivity contribution in [2.45, 2.75) is 26.3 Å². The van der Waals surface area contributed by atoms with E-state index in [-0.39, 0.29) is 0 Å². The number of methoxy groups -OCH3 is 1. The summed E-state index contributed by atoms with van der Waals surface area (Å²) in [5.74, 6) is -1.80. The molecule has 0 aromatic heterocycles. The average Bonchev–Trinajstić information content (AvgIpc) is 2.51. The molecule has 1 aliphatic heterocycles. The molecule has 0 aliphatic carbocycles. The molecule has 2 rings (SSSR count). The van der Waals surface area contributed by atoms with Crippen LogP contribution in [-0.2, 0) is 16.1 Å². The lowest BCUT2D eigenvalue weighted by Gasteiger charge is -2.30. The summed E-state index contributed by atoms with van der Waals surface area (Å²) < 4.78 is 5.16. The molecule has 6 heteroatoms. The fraction of sp³-hybridized carbons (Fsp3) is 0.500. The molecule has 0 unspecified atom stereocenters. The number of rotatable bonds is 3. The van der Waals surface area contributed by atoms with Gasteiger partial charge in [0.25, 0.3) is 0 Å². The summed E-state index contributed by atoms with van der Waals surface area (Å²) in [6.45, 7) is 5.92. The van der Waals surface area contributed by atoms with E-state index in [1.807, 2.05) is 12.1 Å². The molecule has 0 saturated carbocycles. The summed E-state index contributed by atoms with van der Waals surface area (Å²) >= 11 is 0. The maximum Gasteiger partial charge on any atom is 0.414 e. The third-order valence-corrected chi connectivity index (χ3v) is 3.62. The van der Waals surface area contributed by atoms with Gasteiger partial charge in [-0.25, -0.2) is 9.59 Å². The van der Waals surface area contributed by atoms with Crippen LogP contribution in [0.4, 0.5) is 0 Å². The van der Waals surface area contributed by atoms with Crippen molar-refractivity contribution in [2.24, 2.45) is 5.92 Å². The molecule has 1 aliphatic rings. The fourth-order valence-corrected chi connectivity index (χ4v) is 2.21. The normalized spacial score (nSPS) is 15.5. The lowest BCUT2D eigenvalue weighted by molar-refractivity contribution is -0.159. The van der Waals surface area contributed by atoms with Gasteiger partial charge in [0.05, 0.1) is 7.11 Å². The highest BCUT2D eigenvalue weighted by Gasteiger charge is 2.15. The van der Waals surface area contributed by atoms with E-state index in [0.717, 1.165) is 18.2 Å². The van der Waals surface area contributed by atoms with E-state index < -0.39 is 11.9 Å². The number of ether oxygens (including phenoxy) is 1. The van der Waals surface area contributed by atoms with Gasteiger partial charge in [-0.15, -0.1) is 0 Å². The minimum absolute atomic E-state index is 0.909. The van der Waals surface area contributed by atoms with Crippen LogP contribution in [0.15, 0.2) is 24.3 Å². The van der Waals surface area contributed by atoms with Crippen molar-refractivity contribution in [3.8, 4) is 5.75 Å². The van der Waals surface area contributed by atoms with E-state index >= 15 is 0 Å². The van der Waals surface area contributed by atoms with Crippen LogP contribution >= 0.6 is 0 Å². The van der Waals surface area contributed by atoms with Crippen molar-refractivity contribution in [2.75, 3.05) is 20.2 Å². The molecular formula is C16H23NO5. The summed E-state index contributed by atoms with van der Waals surface area (Å²) in [6.07, 6.45) is 2.69. The molecule has 1 heterocycles. The Bertz CT molecular complexity index is 466. The van der Waals surface area contributed by atoms with E-state index in [0.29, 0.717) is 0 Å². The van der Waals surface area contributed by atoms with Crippen LogP contribution in [0.2, 0.25) is 0 Å². The molecule has 122 valence electrons. The van der Waals surface area contributed by atoms with E-state index in [2.05, 4.69) is 24.0 Å². The second-order valence-electron chi connectivity index (χ2n) is 5.42. The van der Waals surface area contributed by atoms with Gasteiger partial charge in [-0.2, -0.15) is 0 Å². The Hall–Kier alpha value is -2.08. The van der Waals surface area contributed by atoms with Gasteiger partial charge in [-0.3, -0.25) is 4.90 Å². The number of aliphatic carboxylic acids is 2. The highest BCUT2D eigenvalue weighted by Crippen LogP contribution is 2.19. The second kappa shape index (κ2) is 9.04. The number of piperidine rings is 1. The maximum absolute atomic E-state index is 9.10. The lowest BCUT2D eigenvalue weighted by Crippen LogP contribution is -2.32. The molecule has 0 bridgehead atoms. The van der Waals surface area contributed by atoms with Gasteiger partial charge in [0.2, 0.25) is 0 Å². The molecule has 6 nitrogen and oxygen atoms in total. The number of hydrogen-bond donors (Lipinski definition) is 2. The first-order valence-corrected chi connectivity index (χ1v) is 7.24.